The van der Waals surface area contributed by atoms with Crippen LogP contribution >= 0.6 is 0 Å². The van der Waals surface area contributed by atoms with Gasteiger partial charge in [0.2, 0.25) is 10.0 Å². The lowest BCUT2D eigenvalue weighted by Gasteiger charge is -2.37. The maximum absolute atomic E-state index is 12.8. The molecule has 1 atom stereocenters. The first-order chi connectivity index (χ1) is 9.87. The molecule has 1 aromatic carbocycles. The van der Waals surface area contributed by atoms with Crippen molar-refractivity contribution in [1.82, 2.24) is 9.21 Å². The molecule has 1 aromatic rings. The predicted octanol–water partition coefficient (Wildman–Crippen LogP) is 1.68. The molecule has 0 saturated carbocycles. The zero-order chi connectivity index (χ0) is 15.6. The van der Waals surface area contributed by atoms with Crippen LogP contribution < -0.4 is 5.73 Å². The van der Waals surface area contributed by atoms with Crippen molar-refractivity contribution in [2.24, 2.45) is 0 Å². The Labute approximate surface area is 127 Å². The molecule has 1 saturated heterocycles. The minimum Gasteiger partial charge on any atom is -0.398 e. The van der Waals surface area contributed by atoms with Crippen LogP contribution in [-0.4, -0.2) is 49.8 Å². The van der Waals surface area contributed by atoms with E-state index < -0.39 is 10.0 Å². The first kappa shape index (κ1) is 16.3. The number of nitrogen functional groups attached to an aromatic ring is 1. The lowest BCUT2D eigenvalue weighted by molar-refractivity contribution is 0.142. The number of piperazine rings is 1. The van der Waals surface area contributed by atoms with Crippen LogP contribution in [0.4, 0.5) is 5.69 Å². The fourth-order valence-corrected chi connectivity index (χ4v) is 4.37. The summed E-state index contributed by atoms with van der Waals surface area (Å²) in [5.74, 6) is 0. The average Bonchev–Trinajstić information content (AvgIpc) is 2.49. The van der Waals surface area contributed by atoms with Gasteiger partial charge in [0.25, 0.3) is 0 Å². The third-order valence-electron chi connectivity index (χ3n) is 4.43. The SMILES string of the molecule is CCC(C)N1CCN(S(=O)(=O)c2cccc(N)c2C)CC1. The number of hydrogen-bond donors (Lipinski definition) is 1. The van der Waals surface area contributed by atoms with Crippen LogP contribution in [0.15, 0.2) is 23.1 Å². The molecule has 0 amide bonds. The number of hydrogen-bond acceptors (Lipinski definition) is 4. The molecule has 0 spiro atoms. The Morgan fingerprint density at radius 3 is 2.43 bits per heavy atom. The molecule has 0 radical (unpaired) electrons. The Morgan fingerprint density at radius 2 is 1.86 bits per heavy atom. The Morgan fingerprint density at radius 1 is 1.24 bits per heavy atom. The molecule has 1 aliphatic rings. The highest BCUT2D eigenvalue weighted by molar-refractivity contribution is 7.89. The normalized spacial score (nSPS) is 19.6. The van der Waals surface area contributed by atoms with E-state index in [0.29, 0.717) is 35.3 Å². The minimum absolute atomic E-state index is 0.333. The number of benzene rings is 1. The monoisotopic (exact) mass is 311 g/mol. The van der Waals surface area contributed by atoms with Gasteiger partial charge >= 0.3 is 0 Å². The average molecular weight is 311 g/mol. The van der Waals surface area contributed by atoms with E-state index in [4.69, 9.17) is 5.73 Å². The quantitative estimate of drug-likeness (QED) is 0.859. The highest BCUT2D eigenvalue weighted by Crippen LogP contribution is 2.25. The van der Waals surface area contributed by atoms with Crippen LogP contribution in [0.25, 0.3) is 0 Å². The Bertz CT molecular complexity index is 593. The van der Waals surface area contributed by atoms with Gasteiger partial charge in [-0.1, -0.05) is 13.0 Å². The molecule has 0 aromatic heterocycles. The fraction of sp³-hybridized carbons (Fsp3) is 0.600. The summed E-state index contributed by atoms with van der Waals surface area (Å²) in [5.41, 5.74) is 7.00. The number of sulfonamides is 1. The highest BCUT2D eigenvalue weighted by Gasteiger charge is 2.30. The van der Waals surface area contributed by atoms with E-state index in [2.05, 4.69) is 18.7 Å². The van der Waals surface area contributed by atoms with Crippen molar-refractivity contribution in [3.8, 4) is 0 Å². The lowest BCUT2D eigenvalue weighted by Crippen LogP contribution is -2.51. The van der Waals surface area contributed by atoms with E-state index >= 15 is 0 Å². The number of rotatable bonds is 4. The lowest BCUT2D eigenvalue weighted by atomic mass is 10.2. The molecule has 118 valence electrons. The molecular weight excluding hydrogens is 286 g/mol. The fourth-order valence-electron chi connectivity index (χ4n) is 2.69. The maximum atomic E-state index is 12.8. The second-order valence-corrected chi connectivity index (χ2v) is 7.57. The predicted molar refractivity (Wildman–Crippen MR) is 85.7 cm³/mol. The second-order valence-electron chi connectivity index (χ2n) is 5.67. The number of nitrogens with two attached hydrogens (primary N) is 1. The first-order valence-corrected chi connectivity index (χ1v) is 8.91. The van der Waals surface area contributed by atoms with Crippen molar-refractivity contribution in [2.75, 3.05) is 31.9 Å². The molecule has 21 heavy (non-hydrogen) atoms. The largest absolute Gasteiger partial charge is 0.398 e. The molecule has 1 fully saturated rings. The molecule has 2 N–H and O–H groups in total. The van der Waals surface area contributed by atoms with Gasteiger partial charge in [0.1, 0.15) is 0 Å². The summed E-state index contributed by atoms with van der Waals surface area (Å²) < 4.78 is 27.1. The van der Waals surface area contributed by atoms with Crippen molar-refractivity contribution < 1.29 is 8.42 Å². The van der Waals surface area contributed by atoms with E-state index in [-0.39, 0.29) is 0 Å². The van der Waals surface area contributed by atoms with Crippen LogP contribution in [0, 0.1) is 6.92 Å². The molecule has 0 bridgehead atoms. The van der Waals surface area contributed by atoms with E-state index in [0.717, 1.165) is 19.5 Å². The zero-order valence-electron chi connectivity index (χ0n) is 13.0. The molecule has 6 heteroatoms. The van der Waals surface area contributed by atoms with Gasteiger partial charge in [-0.15, -0.1) is 0 Å². The summed E-state index contributed by atoms with van der Waals surface area (Å²) in [6.07, 6.45) is 1.08. The minimum atomic E-state index is -3.44. The van der Waals surface area contributed by atoms with Gasteiger partial charge in [-0.3, -0.25) is 4.90 Å². The van der Waals surface area contributed by atoms with Gasteiger partial charge < -0.3 is 5.73 Å². The van der Waals surface area contributed by atoms with Crippen molar-refractivity contribution in [1.29, 1.82) is 0 Å². The van der Waals surface area contributed by atoms with Crippen LogP contribution in [0.3, 0.4) is 0 Å². The molecule has 1 aliphatic heterocycles. The molecule has 1 unspecified atom stereocenters. The smallest absolute Gasteiger partial charge is 0.243 e. The van der Waals surface area contributed by atoms with Gasteiger partial charge in [0.15, 0.2) is 0 Å². The van der Waals surface area contributed by atoms with E-state index in [1.165, 1.54) is 0 Å². The second kappa shape index (κ2) is 6.34. The summed E-state index contributed by atoms with van der Waals surface area (Å²) in [6, 6.07) is 5.58. The van der Waals surface area contributed by atoms with E-state index in [1.54, 1.807) is 29.4 Å². The summed E-state index contributed by atoms with van der Waals surface area (Å²) in [7, 11) is -3.44. The molecule has 1 heterocycles. The third kappa shape index (κ3) is 3.22. The zero-order valence-corrected chi connectivity index (χ0v) is 13.9. The first-order valence-electron chi connectivity index (χ1n) is 7.47. The summed E-state index contributed by atoms with van der Waals surface area (Å²) in [5, 5.41) is 0. The Hall–Kier alpha value is -1.11. The summed E-state index contributed by atoms with van der Waals surface area (Å²) in [4.78, 5) is 2.68. The molecular formula is C15H25N3O2S. The van der Waals surface area contributed by atoms with Gasteiger partial charge in [-0.25, -0.2) is 8.42 Å². The van der Waals surface area contributed by atoms with Gasteiger partial charge in [0, 0.05) is 37.9 Å². The van der Waals surface area contributed by atoms with Crippen molar-refractivity contribution >= 4 is 15.7 Å². The van der Waals surface area contributed by atoms with Gasteiger partial charge in [-0.2, -0.15) is 4.31 Å². The van der Waals surface area contributed by atoms with Crippen LogP contribution in [0.1, 0.15) is 25.8 Å². The molecule has 2 rings (SSSR count). The summed E-state index contributed by atoms with van der Waals surface area (Å²) in [6.45, 7) is 8.76. The number of nitrogens with zero attached hydrogens (tertiary/aromatic N) is 2. The van der Waals surface area contributed by atoms with Crippen molar-refractivity contribution in [3.63, 3.8) is 0 Å². The highest BCUT2D eigenvalue weighted by atomic mass is 32.2. The summed E-state index contributed by atoms with van der Waals surface area (Å²) >= 11 is 0. The van der Waals surface area contributed by atoms with Crippen LogP contribution in [-0.2, 0) is 10.0 Å². The topological polar surface area (TPSA) is 66.6 Å². The maximum Gasteiger partial charge on any atom is 0.243 e. The van der Waals surface area contributed by atoms with Crippen molar-refractivity contribution in [2.45, 2.75) is 38.1 Å². The van der Waals surface area contributed by atoms with Gasteiger partial charge in [0.05, 0.1) is 4.90 Å². The Balaban J connectivity index is 2.17. The molecule has 0 aliphatic carbocycles. The Kier molecular flexibility index (Phi) is 4.91. The van der Waals surface area contributed by atoms with E-state index in [9.17, 15) is 8.42 Å². The van der Waals surface area contributed by atoms with Gasteiger partial charge in [-0.05, 0) is 38.0 Å². The van der Waals surface area contributed by atoms with Crippen LogP contribution in [0.2, 0.25) is 0 Å². The van der Waals surface area contributed by atoms with Crippen molar-refractivity contribution in [3.05, 3.63) is 23.8 Å². The van der Waals surface area contributed by atoms with E-state index in [1.807, 2.05) is 0 Å². The standard InChI is InChI=1S/C15H25N3O2S/c1-4-12(2)17-8-10-18(11-9-17)21(19,20)15-7-5-6-14(16)13(15)3/h5-7,12H,4,8-11,16H2,1-3H3. The third-order valence-corrected chi connectivity index (χ3v) is 6.47. The molecule has 5 nitrogen and oxygen atoms in total. The number of anilines is 1. The van der Waals surface area contributed by atoms with Crippen LogP contribution in [0.5, 0.6) is 0 Å².